The number of rotatable bonds is 0. The molecule has 2 aliphatic rings. The molecule has 1 radical (unpaired) electrons. The number of likely N-dealkylation sites (tertiary alicyclic amines) is 1. The zero-order valence-corrected chi connectivity index (χ0v) is 12.0. The van der Waals surface area contributed by atoms with Gasteiger partial charge in [0, 0.05) is 18.7 Å². The molecule has 0 aromatic heterocycles. The molecule has 0 atom stereocenters. The Hall–Kier alpha value is -1.71. The van der Waals surface area contributed by atoms with Crippen molar-refractivity contribution in [3.8, 4) is 5.75 Å². The number of fused-ring (bicyclic) bond motifs is 1. The van der Waals surface area contributed by atoms with E-state index in [1.165, 1.54) is 0 Å². The highest BCUT2D eigenvalue weighted by molar-refractivity contribution is 5.74. The molecular formula is C16H21N2O2. The number of hydrogen-bond acceptors (Lipinski definition) is 2. The van der Waals surface area contributed by atoms with Crippen molar-refractivity contribution < 1.29 is 9.53 Å². The standard InChI is InChI=1S/C16H21N2O2/c1-13-6-8-17(9-7-13)16(19)18-10-11-20-15-5-3-2-4-14(15)12-18/h3-5,13H,6-12H2,1H3. The molecule has 4 nitrogen and oxygen atoms in total. The predicted molar refractivity (Wildman–Crippen MR) is 76.6 cm³/mol. The molecule has 0 saturated carbocycles. The molecular weight excluding hydrogens is 252 g/mol. The van der Waals surface area contributed by atoms with Crippen molar-refractivity contribution in [2.45, 2.75) is 26.3 Å². The Morgan fingerprint density at radius 1 is 1.30 bits per heavy atom. The lowest BCUT2D eigenvalue weighted by atomic mass is 9.99. The van der Waals surface area contributed by atoms with Gasteiger partial charge in [-0.15, -0.1) is 0 Å². The number of nitrogens with zero attached hydrogens (tertiary/aromatic N) is 2. The summed E-state index contributed by atoms with van der Waals surface area (Å²) in [4.78, 5) is 16.5. The second-order valence-electron chi connectivity index (χ2n) is 5.76. The first-order chi connectivity index (χ1) is 9.74. The number of carbonyl (C=O) groups is 1. The third-order valence-electron chi connectivity index (χ3n) is 4.21. The van der Waals surface area contributed by atoms with E-state index in [2.05, 4.69) is 13.0 Å². The lowest BCUT2D eigenvalue weighted by Gasteiger charge is -2.34. The van der Waals surface area contributed by atoms with Gasteiger partial charge in [-0.2, -0.15) is 0 Å². The molecule has 0 N–H and O–H groups in total. The smallest absolute Gasteiger partial charge is 0.320 e. The Morgan fingerprint density at radius 2 is 2.10 bits per heavy atom. The quantitative estimate of drug-likeness (QED) is 0.727. The van der Waals surface area contributed by atoms with Gasteiger partial charge in [0.15, 0.2) is 0 Å². The maximum Gasteiger partial charge on any atom is 0.320 e. The van der Waals surface area contributed by atoms with Gasteiger partial charge < -0.3 is 14.5 Å². The second kappa shape index (κ2) is 5.73. The lowest BCUT2D eigenvalue weighted by molar-refractivity contribution is 0.129. The van der Waals surface area contributed by atoms with E-state index < -0.39 is 0 Å². The Kier molecular flexibility index (Phi) is 3.81. The zero-order chi connectivity index (χ0) is 13.9. The van der Waals surface area contributed by atoms with E-state index in [9.17, 15) is 4.79 Å². The number of carbonyl (C=O) groups excluding carboxylic acids is 1. The molecule has 20 heavy (non-hydrogen) atoms. The first-order valence-electron chi connectivity index (χ1n) is 7.39. The summed E-state index contributed by atoms with van der Waals surface area (Å²) in [5.41, 5.74) is 1.05. The van der Waals surface area contributed by atoms with Crippen molar-refractivity contribution in [2.75, 3.05) is 26.2 Å². The first kappa shape index (κ1) is 13.3. The monoisotopic (exact) mass is 273 g/mol. The third-order valence-corrected chi connectivity index (χ3v) is 4.21. The Labute approximate surface area is 120 Å². The van der Waals surface area contributed by atoms with Crippen LogP contribution in [-0.4, -0.2) is 42.1 Å². The molecule has 1 saturated heterocycles. The number of ether oxygens (including phenoxy) is 1. The van der Waals surface area contributed by atoms with Gasteiger partial charge in [-0.1, -0.05) is 13.0 Å². The van der Waals surface area contributed by atoms with Crippen molar-refractivity contribution in [3.63, 3.8) is 0 Å². The Balaban J connectivity index is 1.69. The maximum absolute atomic E-state index is 12.6. The molecule has 107 valence electrons. The molecule has 0 spiro atoms. The van der Waals surface area contributed by atoms with Gasteiger partial charge in [-0.25, -0.2) is 4.79 Å². The van der Waals surface area contributed by atoms with Crippen LogP contribution in [0.5, 0.6) is 5.75 Å². The van der Waals surface area contributed by atoms with Gasteiger partial charge >= 0.3 is 6.03 Å². The summed E-state index contributed by atoms with van der Waals surface area (Å²) in [7, 11) is 0. The van der Waals surface area contributed by atoms with Crippen LogP contribution >= 0.6 is 0 Å². The SMILES string of the molecule is CC1CCN(C(=O)N2CCOc3cc[c]cc3C2)CC1. The minimum absolute atomic E-state index is 0.150. The van der Waals surface area contributed by atoms with E-state index >= 15 is 0 Å². The van der Waals surface area contributed by atoms with Crippen molar-refractivity contribution in [3.05, 3.63) is 29.8 Å². The van der Waals surface area contributed by atoms with Gasteiger partial charge in [0.05, 0.1) is 13.1 Å². The number of hydrogen-bond donors (Lipinski definition) is 0. The minimum Gasteiger partial charge on any atom is -0.491 e. The predicted octanol–water partition coefficient (Wildman–Crippen LogP) is 2.53. The molecule has 2 heterocycles. The molecule has 0 unspecified atom stereocenters. The topological polar surface area (TPSA) is 32.8 Å². The largest absolute Gasteiger partial charge is 0.491 e. The van der Waals surface area contributed by atoms with Crippen molar-refractivity contribution in [1.82, 2.24) is 9.80 Å². The highest BCUT2D eigenvalue weighted by atomic mass is 16.5. The average Bonchev–Trinajstić information content (AvgIpc) is 2.69. The molecule has 1 aromatic carbocycles. The molecule has 1 aromatic rings. The van der Waals surface area contributed by atoms with Crippen LogP contribution in [0.1, 0.15) is 25.3 Å². The molecule has 3 rings (SSSR count). The van der Waals surface area contributed by atoms with Crippen molar-refractivity contribution >= 4 is 6.03 Å². The highest BCUT2D eigenvalue weighted by Gasteiger charge is 2.26. The van der Waals surface area contributed by atoms with Crippen molar-refractivity contribution in [2.24, 2.45) is 5.92 Å². The molecule has 4 heteroatoms. The normalized spacial score (nSPS) is 20.1. The molecule has 2 aliphatic heterocycles. The van der Waals surface area contributed by atoms with Gasteiger partial charge in [0.1, 0.15) is 12.4 Å². The summed E-state index contributed by atoms with van der Waals surface area (Å²) in [5.74, 6) is 1.62. The third kappa shape index (κ3) is 2.74. The summed E-state index contributed by atoms with van der Waals surface area (Å²) in [6.07, 6.45) is 2.22. The first-order valence-corrected chi connectivity index (χ1v) is 7.39. The Morgan fingerprint density at radius 3 is 2.90 bits per heavy atom. The van der Waals surface area contributed by atoms with E-state index in [0.29, 0.717) is 19.7 Å². The summed E-state index contributed by atoms with van der Waals surface area (Å²) >= 11 is 0. The van der Waals surface area contributed by atoms with E-state index in [0.717, 1.165) is 43.2 Å². The van der Waals surface area contributed by atoms with Crippen LogP contribution in [0.25, 0.3) is 0 Å². The van der Waals surface area contributed by atoms with Crippen LogP contribution in [0.4, 0.5) is 4.79 Å². The van der Waals surface area contributed by atoms with Crippen LogP contribution in [-0.2, 0) is 6.54 Å². The van der Waals surface area contributed by atoms with Gasteiger partial charge in [0.2, 0.25) is 0 Å². The fourth-order valence-electron chi connectivity index (χ4n) is 2.83. The maximum atomic E-state index is 12.6. The average molecular weight is 273 g/mol. The molecule has 0 aliphatic carbocycles. The van der Waals surface area contributed by atoms with Gasteiger partial charge in [-0.05, 0) is 37.0 Å². The van der Waals surface area contributed by atoms with Gasteiger partial charge in [-0.3, -0.25) is 0 Å². The molecule has 2 amide bonds. The van der Waals surface area contributed by atoms with Crippen LogP contribution < -0.4 is 4.74 Å². The molecule has 0 bridgehead atoms. The number of urea groups is 1. The lowest BCUT2D eigenvalue weighted by Crippen LogP contribution is -2.46. The van der Waals surface area contributed by atoms with Crippen LogP contribution in [0, 0.1) is 12.0 Å². The van der Waals surface area contributed by atoms with Crippen LogP contribution in [0.2, 0.25) is 0 Å². The Bertz CT molecular complexity index is 481. The second-order valence-corrected chi connectivity index (χ2v) is 5.76. The van der Waals surface area contributed by atoms with E-state index in [1.807, 2.05) is 28.0 Å². The zero-order valence-electron chi connectivity index (χ0n) is 12.0. The van der Waals surface area contributed by atoms with Crippen LogP contribution in [0.3, 0.4) is 0 Å². The summed E-state index contributed by atoms with van der Waals surface area (Å²) in [6.45, 7) is 5.86. The van der Waals surface area contributed by atoms with E-state index in [1.54, 1.807) is 0 Å². The molecule has 1 fully saturated rings. The number of amides is 2. The number of benzene rings is 1. The summed E-state index contributed by atoms with van der Waals surface area (Å²) < 4.78 is 5.70. The van der Waals surface area contributed by atoms with Gasteiger partial charge in [0.25, 0.3) is 0 Å². The van der Waals surface area contributed by atoms with Crippen molar-refractivity contribution in [1.29, 1.82) is 0 Å². The number of piperidine rings is 1. The summed E-state index contributed by atoms with van der Waals surface area (Å²) in [6, 6.07) is 8.90. The van der Waals surface area contributed by atoms with E-state index in [-0.39, 0.29) is 6.03 Å². The summed E-state index contributed by atoms with van der Waals surface area (Å²) in [5, 5.41) is 0. The minimum atomic E-state index is 0.150. The fraction of sp³-hybridized carbons (Fsp3) is 0.562. The highest BCUT2D eigenvalue weighted by Crippen LogP contribution is 2.24. The van der Waals surface area contributed by atoms with Crippen LogP contribution in [0.15, 0.2) is 18.2 Å². The van der Waals surface area contributed by atoms with E-state index in [4.69, 9.17) is 4.74 Å². The fourth-order valence-corrected chi connectivity index (χ4v) is 2.83.